The number of hydrogen-bond acceptors (Lipinski definition) is 3. The largest absolute Gasteiger partial charge is 0.493 e. The highest BCUT2D eigenvalue weighted by atomic mass is 16.5. The molecule has 0 atom stereocenters. The third kappa shape index (κ3) is 3.37. The van der Waals surface area contributed by atoms with Crippen molar-refractivity contribution in [1.29, 1.82) is 0 Å². The molecule has 1 aliphatic rings. The Bertz CT molecular complexity index is 607. The molecule has 110 valence electrons. The normalized spacial score (nSPS) is 12.8. The fourth-order valence-electron chi connectivity index (χ4n) is 2.65. The summed E-state index contributed by atoms with van der Waals surface area (Å²) in [7, 11) is 0. The molecule has 2 aromatic carbocycles. The van der Waals surface area contributed by atoms with Crippen molar-refractivity contribution in [2.75, 3.05) is 19.8 Å². The van der Waals surface area contributed by atoms with Crippen LogP contribution in [0, 0.1) is 0 Å². The van der Waals surface area contributed by atoms with Gasteiger partial charge in [-0.15, -0.1) is 0 Å². The standard InChI is InChI=1S/C18H20O3/c19-10-7-15-3-1-2-4-17(15)20-11-8-14-5-6-18-16(13-14)9-12-21-18/h1-6,13,19H,7-12H2. The van der Waals surface area contributed by atoms with Gasteiger partial charge < -0.3 is 14.6 Å². The Morgan fingerprint density at radius 1 is 1.10 bits per heavy atom. The molecule has 2 aromatic rings. The highest BCUT2D eigenvalue weighted by Gasteiger charge is 2.12. The Kier molecular flexibility index (Phi) is 4.41. The van der Waals surface area contributed by atoms with Gasteiger partial charge in [0.2, 0.25) is 0 Å². The minimum absolute atomic E-state index is 0.144. The second-order valence-electron chi connectivity index (χ2n) is 5.22. The lowest BCUT2D eigenvalue weighted by Gasteiger charge is -2.11. The maximum Gasteiger partial charge on any atom is 0.122 e. The number of benzene rings is 2. The third-order valence-corrected chi connectivity index (χ3v) is 3.76. The van der Waals surface area contributed by atoms with E-state index in [0.717, 1.165) is 36.5 Å². The number of fused-ring (bicyclic) bond motifs is 1. The van der Waals surface area contributed by atoms with Crippen LogP contribution in [0.5, 0.6) is 11.5 Å². The molecule has 1 heterocycles. The molecular formula is C18H20O3. The van der Waals surface area contributed by atoms with Crippen LogP contribution in [-0.2, 0) is 19.3 Å². The average molecular weight is 284 g/mol. The van der Waals surface area contributed by atoms with Gasteiger partial charge in [-0.1, -0.05) is 30.3 Å². The SMILES string of the molecule is OCCc1ccccc1OCCc1ccc2c(c1)CCO2. The first-order valence-corrected chi connectivity index (χ1v) is 7.43. The summed E-state index contributed by atoms with van der Waals surface area (Å²) in [6.07, 6.45) is 2.51. The van der Waals surface area contributed by atoms with Crippen LogP contribution in [0.3, 0.4) is 0 Å². The number of hydrogen-bond donors (Lipinski definition) is 1. The van der Waals surface area contributed by atoms with Crippen molar-refractivity contribution in [3.8, 4) is 11.5 Å². The minimum atomic E-state index is 0.144. The van der Waals surface area contributed by atoms with Crippen molar-refractivity contribution in [2.24, 2.45) is 0 Å². The van der Waals surface area contributed by atoms with Crippen molar-refractivity contribution in [2.45, 2.75) is 19.3 Å². The van der Waals surface area contributed by atoms with Gasteiger partial charge in [-0.2, -0.15) is 0 Å². The summed E-state index contributed by atoms with van der Waals surface area (Å²) in [5.41, 5.74) is 3.63. The molecule has 0 radical (unpaired) electrons. The van der Waals surface area contributed by atoms with Crippen LogP contribution in [0.2, 0.25) is 0 Å². The molecule has 0 saturated carbocycles. The minimum Gasteiger partial charge on any atom is -0.493 e. The zero-order valence-electron chi connectivity index (χ0n) is 12.0. The number of aliphatic hydroxyl groups excluding tert-OH is 1. The smallest absolute Gasteiger partial charge is 0.122 e. The van der Waals surface area contributed by atoms with Gasteiger partial charge in [0.25, 0.3) is 0 Å². The average Bonchev–Trinajstić information content (AvgIpc) is 2.97. The highest BCUT2D eigenvalue weighted by molar-refractivity contribution is 5.40. The van der Waals surface area contributed by atoms with E-state index >= 15 is 0 Å². The van der Waals surface area contributed by atoms with Crippen molar-refractivity contribution in [1.82, 2.24) is 0 Å². The van der Waals surface area contributed by atoms with Gasteiger partial charge >= 0.3 is 0 Å². The summed E-state index contributed by atoms with van der Waals surface area (Å²) >= 11 is 0. The molecule has 0 aliphatic carbocycles. The second-order valence-corrected chi connectivity index (χ2v) is 5.22. The fourth-order valence-corrected chi connectivity index (χ4v) is 2.65. The molecule has 21 heavy (non-hydrogen) atoms. The highest BCUT2D eigenvalue weighted by Crippen LogP contribution is 2.26. The summed E-state index contributed by atoms with van der Waals surface area (Å²) < 4.78 is 11.4. The van der Waals surface area contributed by atoms with Crippen molar-refractivity contribution >= 4 is 0 Å². The number of aliphatic hydroxyl groups is 1. The van der Waals surface area contributed by atoms with E-state index in [-0.39, 0.29) is 6.61 Å². The van der Waals surface area contributed by atoms with Gasteiger partial charge in [0.05, 0.1) is 13.2 Å². The first-order valence-electron chi connectivity index (χ1n) is 7.43. The van der Waals surface area contributed by atoms with Crippen molar-refractivity contribution < 1.29 is 14.6 Å². The van der Waals surface area contributed by atoms with Crippen LogP contribution >= 0.6 is 0 Å². The summed E-state index contributed by atoms with van der Waals surface area (Å²) in [5, 5.41) is 9.07. The number of ether oxygens (including phenoxy) is 2. The van der Waals surface area contributed by atoms with Gasteiger partial charge in [-0.3, -0.25) is 0 Å². The van der Waals surface area contributed by atoms with E-state index in [9.17, 15) is 0 Å². The van der Waals surface area contributed by atoms with E-state index in [1.165, 1.54) is 11.1 Å². The summed E-state index contributed by atoms with van der Waals surface area (Å²) in [6, 6.07) is 14.3. The van der Waals surface area contributed by atoms with Gasteiger partial charge in [0.1, 0.15) is 11.5 Å². The lowest BCUT2D eigenvalue weighted by molar-refractivity contribution is 0.289. The molecule has 1 N–H and O–H groups in total. The molecular weight excluding hydrogens is 264 g/mol. The van der Waals surface area contributed by atoms with E-state index in [4.69, 9.17) is 14.6 Å². The van der Waals surface area contributed by atoms with Gasteiger partial charge in [0, 0.05) is 19.4 Å². The van der Waals surface area contributed by atoms with Crippen molar-refractivity contribution in [3.63, 3.8) is 0 Å². The summed E-state index contributed by atoms with van der Waals surface area (Å²) in [4.78, 5) is 0. The molecule has 0 amide bonds. The molecule has 0 unspecified atom stereocenters. The van der Waals surface area contributed by atoms with E-state index in [1.54, 1.807) is 0 Å². The van der Waals surface area contributed by atoms with E-state index < -0.39 is 0 Å². The van der Waals surface area contributed by atoms with Crippen molar-refractivity contribution in [3.05, 3.63) is 59.2 Å². The lowest BCUT2D eigenvalue weighted by atomic mass is 10.1. The van der Waals surface area contributed by atoms with Gasteiger partial charge in [-0.25, -0.2) is 0 Å². The number of rotatable bonds is 6. The first-order chi connectivity index (χ1) is 10.4. The maximum atomic E-state index is 9.07. The Morgan fingerprint density at radius 2 is 2.00 bits per heavy atom. The Labute approximate surface area is 125 Å². The summed E-state index contributed by atoms with van der Waals surface area (Å²) in [5.74, 6) is 1.89. The molecule has 0 bridgehead atoms. The molecule has 1 aliphatic heterocycles. The fraction of sp³-hybridized carbons (Fsp3) is 0.333. The first kappa shape index (κ1) is 14.0. The van der Waals surface area contributed by atoms with Crippen LogP contribution in [0.1, 0.15) is 16.7 Å². The van der Waals surface area contributed by atoms with Crippen LogP contribution in [0.15, 0.2) is 42.5 Å². The Hall–Kier alpha value is -2.00. The monoisotopic (exact) mass is 284 g/mol. The molecule has 0 fully saturated rings. The molecule has 3 nitrogen and oxygen atoms in total. The van der Waals surface area contributed by atoms with Crippen LogP contribution < -0.4 is 9.47 Å². The topological polar surface area (TPSA) is 38.7 Å². The summed E-state index contributed by atoms with van der Waals surface area (Å²) in [6.45, 7) is 1.58. The Balaban J connectivity index is 1.59. The zero-order chi connectivity index (χ0) is 14.5. The zero-order valence-corrected chi connectivity index (χ0v) is 12.0. The molecule has 0 saturated heterocycles. The molecule has 3 rings (SSSR count). The molecule has 3 heteroatoms. The lowest BCUT2D eigenvalue weighted by Crippen LogP contribution is -2.04. The van der Waals surface area contributed by atoms with E-state index in [2.05, 4.69) is 18.2 Å². The van der Waals surface area contributed by atoms with E-state index in [1.807, 2.05) is 24.3 Å². The predicted octanol–water partition coefficient (Wildman–Crippen LogP) is 2.78. The number of para-hydroxylation sites is 1. The maximum absolute atomic E-state index is 9.07. The van der Waals surface area contributed by atoms with Crippen LogP contribution in [0.4, 0.5) is 0 Å². The molecule has 0 spiro atoms. The predicted molar refractivity (Wildman–Crippen MR) is 82.1 cm³/mol. The Morgan fingerprint density at radius 3 is 2.90 bits per heavy atom. The molecule has 0 aromatic heterocycles. The van der Waals surface area contributed by atoms with Gasteiger partial charge in [-0.05, 0) is 35.2 Å². The van der Waals surface area contributed by atoms with Gasteiger partial charge in [0.15, 0.2) is 0 Å². The van der Waals surface area contributed by atoms with E-state index in [0.29, 0.717) is 13.0 Å². The quantitative estimate of drug-likeness (QED) is 0.886. The second kappa shape index (κ2) is 6.64. The van der Waals surface area contributed by atoms with Crippen LogP contribution in [0.25, 0.3) is 0 Å². The van der Waals surface area contributed by atoms with Crippen LogP contribution in [-0.4, -0.2) is 24.9 Å². The third-order valence-electron chi connectivity index (χ3n) is 3.76.